The maximum atomic E-state index is 2.26. The van der Waals surface area contributed by atoms with Gasteiger partial charge in [0.25, 0.3) is 0 Å². The van der Waals surface area contributed by atoms with E-state index in [0.29, 0.717) is 6.04 Å². The number of halogens is 1. The van der Waals surface area contributed by atoms with Gasteiger partial charge in [-0.05, 0) is 6.92 Å². The molecule has 0 aromatic heterocycles. The fourth-order valence-electron chi connectivity index (χ4n) is 1.18. The van der Waals surface area contributed by atoms with Gasteiger partial charge in [0.1, 0.15) is 6.04 Å². The van der Waals surface area contributed by atoms with E-state index in [1.54, 1.807) is 0 Å². The Balaban J connectivity index is 0.00000144. The quantitative estimate of drug-likeness (QED) is 0.613. The molecule has 0 radical (unpaired) electrons. The van der Waals surface area contributed by atoms with Crippen molar-refractivity contribution in [3.05, 3.63) is 35.9 Å². The Morgan fingerprint density at radius 2 is 1.46 bits per heavy atom. The number of quaternary nitrogens is 1. The molecule has 13 heavy (non-hydrogen) atoms. The largest absolute Gasteiger partial charge is 1.00 e. The molecule has 0 heterocycles. The Kier molecular flexibility index (Phi) is 4.65. The summed E-state index contributed by atoms with van der Waals surface area (Å²) in [6.45, 7) is 2.26. The van der Waals surface area contributed by atoms with Crippen LogP contribution in [0.3, 0.4) is 0 Å². The first kappa shape index (κ1) is 12.7. The van der Waals surface area contributed by atoms with Crippen molar-refractivity contribution in [1.82, 2.24) is 0 Å². The van der Waals surface area contributed by atoms with E-state index in [4.69, 9.17) is 0 Å². The first-order valence-corrected chi connectivity index (χ1v) is 4.38. The van der Waals surface area contributed by atoms with Crippen LogP contribution in [0.1, 0.15) is 18.5 Å². The van der Waals surface area contributed by atoms with Crippen LogP contribution in [0.5, 0.6) is 0 Å². The molecule has 1 unspecified atom stereocenters. The van der Waals surface area contributed by atoms with E-state index in [1.807, 2.05) is 0 Å². The van der Waals surface area contributed by atoms with Crippen LogP contribution >= 0.6 is 0 Å². The van der Waals surface area contributed by atoms with E-state index in [2.05, 4.69) is 58.4 Å². The number of hydrogen-bond donors (Lipinski definition) is 0. The zero-order valence-corrected chi connectivity index (χ0v) is 10.4. The fraction of sp³-hybridized carbons (Fsp3) is 0.455. The van der Waals surface area contributed by atoms with Crippen LogP contribution < -0.4 is 17.0 Å². The molecule has 1 aromatic carbocycles. The molecule has 2 heteroatoms. The molecule has 0 aliphatic heterocycles. The van der Waals surface area contributed by atoms with Crippen molar-refractivity contribution in [2.75, 3.05) is 21.1 Å². The summed E-state index contributed by atoms with van der Waals surface area (Å²) in [5.74, 6) is 0. The van der Waals surface area contributed by atoms with Gasteiger partial charge in [-0.15, -0.1) is 0 Å². The number of nitrogens with zero attached hydrogens (tertiary/aromatic N) is 1. The summed E-state index contributed by atoms with van der Waals surface area (Å²) in [5, 5.41) is 0. The van der Waals surface area contributed by atoms with Crippen molar-refractivity contribution in [3.63, 3.8) is 0 Å². The lowest BCUT2D eigenvalue weighted by atomic mass is 10.1. The van der Waals surface area contributed by atoms with Gasteiger partial charge in [0.15, 0.2) is 0 Å². The maximum Gasteiger partial charge on any atom is 0.111 e. The lowest BCUT2D eigenvalue weighted by molar-refractivity contribution is -0.900. The summed E-state index contributed by atoms with van der Waals surface area (Å²) >= 11 is 0. The van der Waals surface area contributed by atoms with Gasteiger partial charge in [0.2, 0.25) is 0 Å². The summed E-state index contributed by atoms with van der Waals surface area (Å²) in [5.41, 5.74) is 1.41. The highest BCUT2D eigenvalue weighted by Crippen LogP contribution is 2.21. The van der Waals surface area contributed by atoms with Crippen LogP contribution in [0.15, 0.2) is 30.3 Å². The molecule has 0 spiro atoms. The van der Waals surface area contributed by atoms with Crippen molar-refractivity contribution < 1.29 is 21.5 Å². The number of rotatable bonds is 2. The first-order valence-electron chi connectivity index (χ1n) is 4.38. The Morgan fingerprint density at radius 1 is 1.00 bits per heavy atom. The highest BCUT2D eigenvalue weighted by atomic mass is 79.9. The van der Waals surface area contributed by atoms with Gasteiger partial charge in [0.05, 0.1) is 21.1 Å². The van der Waals surface area contributed by atoms with Gasteiger partial charge in [-0.25, -0.2) is 0 Å². The van der Waals surface area contributed by atoms with Gasteiger partial charge in [-0.2, -0.15) is 0 Å². The van der Waals surface area contributed by atoms with Crippen molar-refractivity contribution in [2.24, 2.45) is 0 Å². The topological polar surface area (TPSA) is 0 Å². The second-order valence-corrected chi connectivity index (χ2v) is 4.20. The second-order valence-electron chi connectivity index (χ2n) is 4.20. The third-order valence-electron chi connectivity index (χ3n) is 2.44. The van der Waals surface area contributed by atoms with Crippen LogP contribution in [0.2, 0.25) is 0 Å². The van der Waals surface area contributed by atoms with Crippen LogP contribution in [0.25, 0.3) is 0 Å². The van der Waals surface area contributed by atoms with E-state index < -0.39 is 0 Å². The van der Waals surface area contributed by atoms with Gasteiger partial charge >= 0.3 is 0 Å². The molecule has 1 aromatic rings. The van der Waals surface area contributed by atoms with E-state index in [1.165, 1.54) is 5.56 Å². The Labute approximate surface area is 91.7 Å². The second kappa shape index (κ2) is 4.77. The molecule has 1 rings (SSSR count). The van der Waals surface area contributed by atoms with Crippen LogP contribution in [0, 0.1) is 0 Å². The minimum absolute atomic E-state index is 0. The standard InChI is InChI=1S/C11H18N.BrH/c1-10(12(2,3)4)11-8-6-5-7-9-11;/h5-10H,1-4H3;1H/q+1;/p-1. The zero-order chi connectivity index (χ0) is 9.19. The summed E-state index contributed by atoms with van der Waals surface area (Å²) in [4.78, 5) is 0. The normalized spacial score (nSPS) is 13.2. The van der Waals surface area contributed by atoms with Crippen molar-refractivity contribution >= 4 is 0 Å². The summed E-state index contributed by atoms with van der Waals surface area (Å²) in [6, 6.07) is 11.2. The van der Waals surface area contributed by atoms with Crippen LogP contribution in [-0.2, 0) is 0 Å². The fourth-order valence-corrected chi connectivity index (χ4v) is 1.18. The van der Waals surface area contributed by atoms with Crippen LogP contribution in [-0.4, -0.2) is 25.6 Å². The predicted octanol–water partition coefficient (Wildman–Crippen LogP) is -0.542. The molecule has 0 aliphatic carbocycles. The molecule has 0 saturated heterocycles. The smallest absolute Gasteiger partial charge is 0.111 e. The van der Waals surface area contributed by atoms with Crippen molar-refractivity contribution in [2.45, 2.75) is 13.0 Å². The van der Waals surface area contributed by atoms with E-state index in [-0.39, 0.29) is 17.0 Å². The maximum absolute atomic E-state index is 2.26. The lowest BCUT2D eigenvalue weighted by Crippen LogP contribution is -3.00. The van der Waals surface area contributed by atoms with E-state index in [9.17, 15) is 0 Å². The third-order valence-corrected chi connectivity index (χ3v) is 2.44. The minimum atomic E-state index is 0. The molecule has 0 bridgehead atoms. The van der Waals surface area contributed by atoms with E-state index in [0.717, 1.165) is 4.48 Å². The monoisotopic (exact) mass is 243 g/mol. The number of hydrogen-bond acceptors (Lipinski definition) is 0. The molecule has 1 nitrogen and oxygen atoms in total. The third kappa shape index (κ3) is 3.49. The van der Waals surface area contributed by atoms with Gasteiger partial charge in [-0.3, -0.25) is 0 Å². The van der Waals surface area contributed by atoms with Crippen molar-refractivity contribution in [1.29, 1.82) is 0 Å². The van der Waals surface area contributed by atoms with Gasteiger partial charge < -0.3 is 21.5 Å². The molecule has 0 amide bonds. The Hall–Kier alpha value is -0.340. The molecule has 0 saturated carbocycles. The molecule has 0 N–H and O–H groups in total. The Morgan fingerprint density at radius 3 is 1.85 bits per heavy atom. The molecule has 0 aliphatic rings. The van der Waals surface area contributed by atoms with Gasteiger partial charge in [-0.1, -0.05) is 30.3 Å². The summed E-state index contributed by atoms with van der Waals surface area (Å²) < 4.78 is 0.976. The van der Waals surface area contributed by atoms with Crippen LogP contribution in [0.4, 0.5) is 0 Å². The lowest BCUT2D eigenvalue weighted by Gasteiger charge is -2.31. The molecule has 1 atom stereocenters. The summed E-state index contributed by atoms with van der Waals surface area (Å²) in [7, 11) is 6.66. The highest BCUT2D eigenvalue weighted by Gasteiger charge is 2.19. The molecular formula is C11H18BrN. The average Bonchev–Trinajstić information content (AvgIpc) is 2.03. The summed E-state index contributed by atoms with van der Waals surface area (Å²) in [6.07, 6.45) is 0. The van der Waals surface area contributed by atoms with Gasteiger partial charge in [0, 0.05) is 5.56 Å². The number of benzene rings is 1. The predicted molar refractivity (Wildman–Crippen MR) is 52.9 cm³/mol. The zero-order valence-electron chi connectivity index (χ0n) is 8.79. The average molecular weight is 244 g/mol. The molecular weight excluding hydrogens is 226 g/mol. The Bertz CT molecular complexity index is 238. The first-order chi connectivity index (χ1) is 5.52. The van der Waals surface area contributed by atoms with E-state index >= 15 is 0 Å². The molecule has 0 fully saturated rings. The highest BCUT2D eigenvalue weighted by molar-refractivity contribution is 5.16. The molecule has 74 valence electrons. The minimum Gasteiger partial charge on any atom is -1.00 e. The SMILES string of the molecule is CC(c1ccccc1)[N+](C)(C)C.[Br-]. The van der Waals surface area contributed by atoms with Crippen molar-refractivity contribution in [3.8, 4) is 0 Å².